The summed E-state index contributed by atoms with van der Waals surface area (Å²) in [6, 6.07) is 8.56. The maximum absolute atomic E-state index is 11.3. The van der Waals surface area contributed by atoms with Gasteiger partial charge in [0, 0.05) is 24.1 Å². The normalized spacial score (nSPS) is 17.1. The van der Waals surface area contributed by atoms with Gasteiger partial charge in [-0.15, -0.1) is 0 Å². The Labute approximate surface area is 143 Å². The Morgan fingerprint density at radius 1 is 1.33 bits per heavy atom. The Bertz CT molecular complexity index is 729. The van der Waals surface area contributed by atoms with E-state index in [4.69, 9.17) is 4.98 Å². The van der Waals surface area contributed by atoms with Gasteiger partial charge in [0.15, 0.2) is 0 Å². The fourth-order valence-corrected chi connectivity index (χ4v) is 3.72. The minimum absolute atomic E-state index is 0.0803. The largest absolute Gasteiger partial charge is 0.481 e. The van der Waals surface area contributed by atoms with Crippen molar-refractivity contribution in [3.8, 4) is 0 Å². The van der Waals surface area contributed by atoms with Crippen molar-refractivity contribution in [2.75, 3.05) is 0 Å². The van der Waals surface area contributed by atoms with Crippen molar-refractivity contribution in [2.45, 2.75) is 64.8 Å². The molecule has 3 rings (SSSR count). The molecule has 1 heterocycles. The number of aliphatic carboxylic acids is 1. The van der Waals surface area contributed by atoms with E-state index in [2.05, 4.69) is 49.6 Å². The molecule has 0 spiro atoms. The highest BCUT2D eigenvalue weighted by Crippen LogP contribution is 2.36. The number of carboxylic acid groups (broad SMARTS) is 1. The SMILES string of the molecule is Cc1ccc(Cn2c(C(C)C)nc3c2C(CC(=O)O)CCC3)cc1. The van der Waals surface area contributed by atoms with Crippen LogP contribution in [0, 0.1) is 6.92 Å². The van der Waals surface area contributed by atoms with Gasteiger partial charge in [-0.2, -0.15) is 0 Å². The lowest BCUT2D eigenvalue weighted by Crippen LogP contribution is -2.18. The number of nitrogens with zero attached hydrogens (tertiary/aromatic N) is 2. The standard InChI is InChI=1S/C20H26N2O2/c1-13(2)20-21-17-6-4-5-16(11-18(23)24)19(17)22(20)12-15-9-7-14(3)8-10-15/h7-10,13,16H,4-6,11-12H2,1-3H3,(H,23,24). The van der Waals surface area contributed by atoms with Crippen LogP contribution in [0.25, 0.3) is 0 Å². The van der Waals surface area contributed by atoms with Gasteiger partial charge in [0.1, 0.15) is 5.82 Å². The van der Waals surface area contributed by atoms with Crippen molar-refractivity contribution in [1.29, 1.82) is 0 Å². The summed E-state index contributed by atoms with van der Waals surface area (Å²) in [5.41, 5.74) is 4.76. The van der Waals surface area contributed by atoms with Crippen molar-refractivity contribution in [3.05, 3.63) is 52.6 Å². The summed E-state index contributed by atoms with van der Waals surface area (Å²) in [7, 11) is 0. The lowest BCUT2D eigenvalue weighted by Gasteiger charge is -2.24. The molecule has 4 heteroatoms. The first-order valence-electron chi connectivity index (χ1n) is 8.82. The zero-order chi connectivity index (χ0) is 17.3. The van der Waals surface area contributed by atoms with E-state index in [1.165, 1.54) is 11.1 Å². The smallest absolute Gasteiger partial charge is 0.304 e. The van der Waals surface area contributed by atoms with Crippen molar-refractivity contribution >= 4 is 5.97 Å². The molecule has 0 saturated heterocycles. The number of imidazole rings is 1. The first-order chi connectivity index (χ1) is 11.5. The molecule has 1 aliphatic rings. The monoisotopic (exact) mass is 326 g/mol. The molecule has 2 aromatic rings. The number of hydrogen-bond donors (Lipinski definition) is 1. The third-order valence-electron chi connectivity index (χ3n) is 4.86. The minimum atomic E-state index is -0.720. The molecular formula is C20H26N2O2. The van der Waals surface area contributed by atoms with E-state index in [9.17, 15) is 9.90 Å². The summed E-state index contributed by atoms with van der Waals surface area (Å²) < 4.78 is 2.29. The van der Waals surface area contributed by atoms with Crippen LogP contribution in [0.15, 0.2) is 24.3 Å². The fourth-order valence-electron chi connectivity index (χ4n) is 3.72. The molecule has 24 heavy (non-hydrogen) atoms. The number of carboxylic acids is 1. The predicted molar refractivity (Wildman–Crippen MR) is 94.5 cm³/mol. The molecule has 0 aliphatic heterocycles. The third-order valence-corrected chi connectivity index (χ3v) is 4.86. The number of rotatable bonds is 5. The highest BCUT2D eigenvalue weighted by molar-refractivity contribution is 5.68. The number of fused-ring (bicyclic) bond motifs is 1. The molecule has 1 aliphatic carbocycles. The van der Waals surface area contributed by atoms with E-state index in [-0.39, 0.29) is 12.3 Å². The Hall–Kier alpha value is -2.10. The number of benzene rings is 1. The lowest BCUT2D eigenvalue weighted by atomic mass is 9.87. The topological polar surface area (TPSA) is 55.1 Å². The quantitative estimate of drug-likeness (QED) is 0.893. The summed E-state index contributed by atoms with van der Waals surface area (Å²) >= 11 is 0. The summed E-state index contributed by atoms with van der Waals surface area (Å²) in [6.07, 6.45) is 3.14. The number of hydrogen-bond acceptors (Lipinski definition) is 2. The molecule has 1 N–H and O–H groups in total. The Morgan fingerprint density at radius 2 is 2.04 bits per heavy atom. The summed E-state index contributed by atoms with van der Waals surface area (Å²) in [5, 5.41) is 9.29. The van der Waals surface area contributed by atoms with Crippen LogP contribution < -0.4 is 0 Å². The Morgan fingerprint density at radius 3 is 2.67 bits per heavy atom. The second-order valence-corrected chi connectivity index (χ2v) is 7.22. The summed E-state index contributed by atoms with van der Waals surface area (Å²) in [6.45, 7) is 7.18. The summed E-state index contributed by atoms with van der Waals surface area (Å²) in [4.78, 5) is 16.2. The number of aromatic nitrogens is 2. The molecule has 0 bridgehead atoms. The van der Waals surface area contributed by atoms with E-state index < -0.39 is 5.97 Å². The molecule has 0 amide bonds. The highest BCUT2D eigenvalue weighted by atomic mass is 16.4. The van der Waals surface area contributed by atoms with Crippen LogP contribution in [-0.4, -0.2) is 20.6 Å². The molecule has 0 fully saturated rings. The van der Waals surface area contributed by atoms with Crippen LogP contribution in [0.1, 0.15) is 73.3 Å². The maximum atomic E-state index is 11.3. The van der Waals surface area contributed by atoms with Gasteiger partial charge in [0.2, 0.25) is 0 Å². The third kappa shape index (κ3) is 3.37. The zero-order valence-corrected chi connectivity index (χ0v) is 14.7. The number of aryl methyl sites for hydroxylation is 2. The highest BCUT2D eigenvalue weighted by Gasteiger charge is 2.30. The van der Waals surface area contributed by atoms with Gasteiger partial charge >= 0.3 is 5.97 Å². The average molecular weight is 326 g/mol. The van der Waals surface area contributed by atoms with Gasteiger partial charge in [-0.25, -0.2) is 4.98 Å². The van der Waals surface area contributed by atoms with E-state index in [1.54, 1.807) is 0 Å². The van der Waals surface area contributed by atoms with Gasteiger partial charge in [-0.3, -0.25) is 4.79 Å². The van der Waals surface area contributed by atoms with Crippen molar-refractivity contribution < 1.29 is 9.90 Å². The Kier molecular flexibility index (Phi) is 4.74. The summed E-state index contributed by atoms with van der Waals surface area (Å²) in [5.74, 6) is 0.767. The first kappa shape index (κ1) is 16.7. The molecule has 128 valence electrons. The van der Waals surface area contributed by atoms with E-state index in [1.807, 2.05) is 0 Å². The van der Waals surface area contributed by atoms with Crippen molar-refractivity contribution in [1.82, 2.24) is 9.55 Å². The molecule has 1 atom stereocenters. The van der Waals surface area contributed by atoms with Gasteiger partial charge in [0.05, 0.1) is 12.1 Å². The van der Waals surface area contributed by atoms with Crippen LogP contribution in [0.3, 0.4) is 0 Å². The van der Waals surface area contributed by atoms with Crippen molar-refractivity contribution in [3.63, 3.8) is 0 Å². The fraction of sp³-hybridized carbons (Fsp3) is 0.500. The van der Waals surface area contributed by atoms with Crippen LogP contribution in [0.4, 0.5) is 0 Å². The molecule has 4 nitrogen and oxygen atoms in total. The van der Waals surface area contributed by atoms with Crippen LogP contribution >= 0.6 is 0 Å². The number of carbonyl (C=O) groups is 1. The molecule has 1 aromatic carbocycles. The predicted octanol–water partition coefficient (Wildman–Crippen LogP) is 4.26. The minimum Gasteiger partial charge on any atom is -0.481 e. The van der Waals surface area contributed by atoms with Crippen LogP contribution in [0.5, 0.6) is 0 Å². The average Bonchev–Trinajstić information content (AvgIpc) is 2.89. The van der Waals surface area contributed by atoms with Crippen LogP contribution in [0.2, 0.25) is 0 Å². The molecule has 1 aromatic heterocycles. The maximum Gasteiger partial charge on any atom is 0.304 e. The Balaban J connectivity index is 2.03. The molecule has 1 unspecified atom stereocenters. The second-order valence-electron chi connectivity index (χ2n) is 7.22. The van der Waals surface area contributed by atoms with Crippen molar-refractivity contribution in [2.24, 2.45) is 0 Å². The second kappa shape index (κ2) is 6.80. The van der Waals surface area contributed by atoms with E-state index in [0.717, 1.165) is 43.0 Å². The zero-order valence-electron chi connectivity index (χ0n) is 14.7. The van der Waals surface area contributed by atoms with Gasteiger partial charge in [-0.05, 0) is 31.7 Å². The molecular weight excluding hydrogens is 300 g/mol. The first-order valence-corrected chi connectivity index (χ1v) is 8.82. The molecule has 0 saturated carbocycles. The van der Waals surface area contributed by atoms with Gasteiger partial charge < -0.3 is 9.67 Å². The molecule has 0 radical (unpaired) electrons. The van der Waals surface area contributed by atoms with E-state index >= 15 is 0 Å². The van der Waals surface area contributed by atoms with Gasteiger partial charge in [0.25, 0.3) is 0 Å². The van der Waals surface area contributed by atoms with E-state index in [0.29, 0.717) is 5.92 Å². The van der Waals surface area contributed by atoms with Gasteiger partial charge in [-0.1, -0.05) is 43.7 Å². The lowest BCUT2D eigenvalue weighted by molar-refractivity contribution is -0.137. The van der Waals surface area contributed by atoms with Crippen LogP contribution in [-0.2, 0) is 17.8 Å².